The number of halogens is 1. The average molecular weight is 361 g/mol. The van der Waals surface area contributed by atoms with Crippen LogP contribution in [0.5, 0.6) is 0 Å². The van der Waals surface area contributed by atoms with Gasteiger partial charge in [-0.3, -0.25) is 9.69 Å². The molecule has 2 aromatic rings. The van der Waals surface area contributed by atoms with Gasteiger partial charge in [-0.05, 0) is 38.8 Å². The van der Waals surface area contributed by atoms with Gasteiger partial charge in [0.1, 0.15) is 0 Å². The van der Waals surface area contributed by atoms with Gasteiger partial charge in [-0.15, -0.1) is 12.4 Å². The van der Waals surface area contributed by atoms with E-state index in [1.807, 2.05) is 36.4 Å². The number of carbonyl (C=O) groups is 1. The third-order valence-corrected chi connectivity index (χ3v) is 4.22. The Labute approximate surface area is 157 Å². The van der Waals surface area contributed by atoms with Crippen molar-refractivity contribution < 1.29 is 4.79 Å². The van der Waals surface area contributed by atoms with E-state index in [1.165, 1.54) is 0 Å². The zero-order valence-corrected chi connectivity index (χ0v) is 16.3. The van der Waals surface area contributed by atoms with E-state index in [2.05, 4.69) is 62.2 Å². The SMILES string of the molecule is CC(C)N(CC(=O)NC(c1ccccc1)c1ccccc1)C(C)C.Cl. The molecule has 0 radical (unpaired) electrons. The van der Waals surface area contributed by atoms with Crippen LogP contribution in [-0.4, -0.2) is 29.4 Å². The van der Waals surface area contributed by atoms with Crippen LogP contribution in [0.1, 0.15) is 44.9 Å². The van der Waals surface area contributed by atoms with Crippen molar-refractivity contribution in [1.82, 2.24) is 10.2 Å². The zero-order chi connectivity index (χ0) is 17.5. The third kappa shape index (κ3) is 6.18. The van der Waals surface area contributed by atoms with E-state index < -0.39 is 0 Å². The van der Waals surface area contributed by atoms with Crippen molar-refractivity contribution in [2.24, 2.45) is 0 Å². The van der Waals surface area contributed by atoms with Crippen molar-refractivity contribution in [3.63, 3.8) is 0 Å². The number of hydrogen-bond donors (Lipinski definition) is 1. The van der Waals surface area contributed by atoms with Gasteiger partial charge in [0, 0.05) is 12.1 Å². The molecule has 3 nitrogen and oxygen atoms in total. The van der Waals surface area contributed by atoms with E-state index in [0.29, 0.717) is 18.6 Å². The third-order valence-electron chi connectivity index (χ3n) is 4.22. The van der Waals surface area contributed by atoms with Crippen molar-refractivity contribution in [3.05, 3.63) is 71.8 Å². The summed E-state index contributed by atoms with van der Waals surface area (Å²) in [5.74, 6) is 0.0510. The summed E-state index contributed by atoms with van der Waals surface area (Å²) in [6.45, 7) is 8.90. The second kappa shape index (κ2) is 10.2. The lowest BCUT2D eigenvalue weighted by atomic mass is 9.98. The molecule has 0 aromatic heterocycles. The Bertz CT molecular complexity index is 581. The van der Waals surface area contributed by atoms with Crippen LogP contribution in [-0.2, 0) is 4.79 Å². The minimum Gasteiger partial charge on any atom is -0.344 e. The van der Waals surface area contributed by atoms with E-state index >= 15 is 0 Å². The van der Waals surface area contributed by atoms with Gasteiger partial charge in [-0.25, -0.2) is 0 Å². The Morgan fingerprint density at radius 3 is 1.60 bits per heavy atom. The van der Waals surface area contributed by atoms with Gasteiger partial charge in [-0.2, -0.15) is 0 Å². The summed E-state index contributed by atoms with van der Waals surface area (Å²) in [6, 6.07) is 20.8. The summed E-state index contributed by atoms with van der Waals surface area (Å²) in [7, 11) is 0. The van der Waals surface area contributed by atoms with E-state index in [1.54, 1.807) is 0 Å². The maximum atomic E-state index is 12.7. The molecule has 0 saturated heterocycles. The highest BCUT2D eigenvalue weighted by molar-refractivity contribution is 5.85. The van der Waals surface area contributed by atoms with Gasteiger partial charge < -0.3 is 5.32 Å². The molecule has 0 saturated carbocycles. The Kier molecular flexibility index (Phi) is 8.67. The van der Waals surface area contributed by atoms with E-state index in [9.17, 15) is 4.79 Å². The predicted octanol–water partition coefficient (Wildman–Crippen LogP) is 4.43. The molecule has 0 spiro atoms. The number of nitrogens with zero attached hydrogens (tertiary/aromatic N) is 1. The summed E-state index contributed by atoms with van der Waals surface area (Å²) in [5, 5.41) is 3.21. The van der Waals surface area contributed by atoms with E-state index in [-0.39, 0.29) is 24.4 Å². The van der Waals surface area contributed by atoms with Crippen molar-refractivity contribution in [2.45, 2.75) is 45.8 Å². The van der Waals surface area contributed by atoms with Crippen molar-refractivity contribution in [2.75, 3.05) is 6.54 Å². The molecule has 0 heterocycles. The number of rotatable bonds is 7. The van der Waals surface area contributed by atoms with Crippen molar-refractivity contribution in [3.8, 4) is 0 Å². The Morgan fingerprint density at radius 2 is 1.24 bits per heavy atom. The Hall–Kier alpha value is -1.84. The van der Waals surface area contributed by atoms with Crippen LogP contribution < -0.4 is 5.32 Å². The van der Waals surface area contributed by atoms with Gasteiger partial charge in [0.15, 0.2) is 0 Å². The molecule has 136 valence electrons. The van der Waals surface area contributed by atoms with Crippen LogP contribution in [0.2, 0.25) is 0 Å². The highest BCUT2D eigenvalue weighted by Gasteiger charge is 2.21. The van der Waals surface area contributed by atoms with E-state index in [4.69, 9.17) is 0 Å². The molecule has 25 heavy (non-hydrogen) atoms. The summed E-state index contributed by atoms with van der Waals surface area (Å²) < 4.78 is 0. The fourth-order valence-electron chi connectivity index (χ4n) is 2.98. The number of carbonyl (C=O) groups excluding carboxylic acids is 1. The lowest BCUT2D eigenvalue weighted by molar-refractivity contribution is -0.123. The van der Waals surface area contributed by atoms with Gasteiger partial charge in [0.05, 0.1) is 12.6 Å². The number of benzene rings is 2. The monoisotopic (exact) mass is 360 g/mol. The van der Waals surface area contributed by atoms with Crippen LogP contribution in [0.3, 0.4) is 0 Å². The molecule has 1 amide bonds. The molecular formula is C21H29ClN2O. The molecule has 0 aliphatic carbocycles. The zero-order valence-electron chi connectivity index (χ0n) is 15.5. The predicted molar refractivity (Wildman–Crippen MR) is 107 cm³/mol. The molecular weight excluding hydrogens is 332 g/mol. The first-order valence-electron chi connectivity index (χ1n) is 8.64. The summed E-state index contributed by atoms with van der Waals surface area (Å²) in [6.07, 6.45) is 0. The molecule has 2 aromatic carbocycles. The summed E-state index contributed by atoms with van der Waals surface area (Å²) in [5.41, 5.74) is 2.19. The number of amides is 1. The van der Waals surface area contributed by atoms with Crippen LogP contribution in [0.25, 0.3) is 0 Å². The normalized spacial score (nSPS) is 11.0. The second-order valence-electron chi connectivity index (χ2n) is 6.68. The van der Waals surface area contributed by atoms with Gasteiger partial charge >= 0.3 is 0 Å². The lowest BCUT2D eigenvalue weighted by Crippen LogP contribution is -2.45. The first-order chi connectivity index (χ1) is 11.5. The molecule has 0 atom stereocenters. The fourth-order valence-corrected chi connectivity index (χ4v) is 2.98. The quantitative estimate of drug-likeness (QED) is 0.792. The average Bonchev–Trinajstić information content (AvgIpc) is 2.58. The Balaban J connectivity index is 0.00000312. The van der Waals surface area contributed by atoms with E-state index in [0.717, 1.165) is 11.1 Å². The maximum Gasteiger partial charge on any atom is 0.234 e. The molecule has 0 aliphatic rings. The van der Waals surface area contributed by atoms with Crippen molar-refractivity contribution >= 4 is 18.3 Å². The highest BCUT2D eigenvalue weighted by Crippen LogP contribution is 2.21. The highest BCUT2D eigenvalue weighted by atomic mass is 35.5. The topological polar surface area (TPSA) is 32.3 Å². The molecule has 1 N–H and O–H groups in total. The minimum absolute atomic E-state index is 0. The van der Waals surface area contributed by atoms with Gasteiger partial charge in [-0.1, -0.05) is 60.7 Å². The second-order valence-corrected chi connectivity index (χ2v) is 6.68. The van der Waals surface area contributed by atoms with Gasteiger partial charge in [0.25, 0.3) is 0 Å². The summed E-state index contributed by atoms with van der Waals surface area (Å²) >= 11 is 0. The smallest absolute Gasteiger partial charge is 0.234 e. The van der Waals surface area contributed by atoms with Crippen molar-refractivity contribution in [1.29, 1.82) is 0 Å². The summed E-state index contributed by atoms with van der Waals surface area (Å²) in [4.78, 5) is 14.9. The van der Waals surface area contributed by atoms with Gasteiger partial charge in [0.2, 0.25) is 5.91 Å². The standard InChI is InChI=1S/C21H28N2O.ClH/c1-16(2)23(17(3)4)15-20(24)22-21(18-11-7-5-8-12-18)19-13-9-6-10-14-19;/h5-14,16-17,21H,15H2,1-4H3,(H,22,24);1H. The first-order valence-corrected chi connectivity index (χ1v) is 8.64. The van der Waals surface area contributed by atoms with Crippen LogP contribution in [0.4, 0.5) is 0 Å². The molecule has 0 fully saturated rings. The minimum atomic E-state index is -0.124. The van der Waals surface area contributed by atoms with Crippen LogP contribution in [0.15, 0.2) is 60.7 Å². The first kappa shape index (κ1) is 21.2. The largest absolute Gasteiger partial charge is 0.344 e. The number of hydrogen-bond acceptors (Lipinski definition) is 2. The fraction of sp³-hybridized carbons (Fsp3) is 0.381. The number of nitrogens with one attached hydrogen (secondary N) is 1. The van der Waals surface area contributed by atoms with Crippen LogP contribution >= 0.6 is 12.4 Å². The molecule has 0 aliphatic heterocycles. The Morgan fingerprint density at radius 1 is 0.840 bits per heavy atom. The maximum absolute atomic E-state index is 12.7. The molecule has 0 unspecified atom stereocenters. The van der Waals surface area contributed by atoms with Crippen LogP contribution in [0, 0.1) is 0 Å². The molecule has 4 heteroatoms. The molecule has 2 rings (SSSR count). The molecule has 0 bridgehead atoms. The lowest BCUT2D eigenvalue weighted by Gasteiger charge is -2.30.